The van der Waals surface area contributed by atoms with E-state index in [0.29, 0.717) is 12.5 Å². The second-order valence-electron chi connectivity index (χ2n) is 10.9. The van der Waals surface area contributed by atoms with Crippen molar-refractivity contribution < 1.29 is 14.9 Å². The second kappa shape index (κ2) is 9.27. The smallest absolute Gasteiger partial charge is 0.216 e. The molecule has 2 atom stereocenters. The molecule has 4 heteroatoms. The van der Waals surface area contributed by atoms with Gasteiger partial charge in [-0.15, -0.1) is 0 Å². The first-order valence-electron chi connectivity index (χ1n) is 11.9. The number of aliphatic hydroxyl groups excluding tert-OH is 1. The van der Waals surface area contributed by atoms with E-state index in [1.54, 1.807) is 12.1 Å². The third kappa shape index (κ3) is 5.02. The molecule has 3 aromatic rings. The third-order valence-corrected chi connectivity index (χ3v) is 6.69. The zero-order chi connectivity index (χ0) is 24.5. The fraction of sp³-hybridized carbons (Fsp3) is 0.367. The van der Waals surface area contributed by atoms with Crippen LogP contribution in [0.15, 0.2) is 77.8 Å². The maximum atomic E-state index is 10.0. The highest BCUT2D eigenvalue weighted by Gasteiger charge is 2.32. The topological polar surface area (TPSA) is 62.1 Å². The van der Waals surface area contributed by atoms with Crippen molar-refractivity contribution in [2.24, 2.45) is 4.99 Å². The number of aromatic hydroxyl groups is 1. The van der Waals surface area contributed by atoms with Crippen LogP contribution >= 0.6 is 0 Å². The number of aliphatic imine (C=N–C) groups is 1. The van der Waals surface area contributed by atoms with Crippen molar-refractivity contribution >= 4 is 5.90 Å². The van der Waals surface area contributed by atoms with Crippen LogP contribution in [-0.2, 0) is 15.6 Å². The Morgan fingerprint density at radius 2 is 1.50 bits per heavy atom. The third-order valence-electron chi connectivity index (χ3n) is 6.69. The fourth-order valence-electron chi connectivity index (χ4n) is 4.36. The van der Waals surface area contributed by atoms with Crippen LogP contribution in [0.5, 0.6) is 5.75 Å². The van der Waals surface area contributed by atoms with Crippen LogP contribution in [0.25, 0.3) is 0 Å². The SMILES string of the molecule is CC(C)(C)c1cc(C2=N[C@@H]([C@@H](c3ccccc3)c3ccc(O)cc3)CO2)cc(C(C)(C)CO)c1. The number of benzene rings is 3. The van der Waals surface area contributed by atoms with Gasteiger partial charge in [-0.2, -0.15) is 0 Å². The van der Waals surface area contributed by atoms with Crippen molar-refractivity contribution in [1.82, 2.24) is 0 Å². The highest BCUT2D eigenvalue weighted by molar-refractivity contribution is 5.95. The molecular weight excluding hydrogens is 422 g/mol. The molecule has 0 saturated carbocycles. The maximum Gasteiger partial charge on any atom is 0.216 e. The number of phenolic OH excluding ortho intramolecular Hbond substituents is 1. The van der Waals surface area contributed by atoms with Crippen LogP contribution in [0.2, 0.25) is 0 Å². The van der Waals surface area contributed by atoms with E-state index >= 15 is 0 Å². The number of aliphatic hydroxyl groups is 1. The van der Waals surface area contributed by atoms with Crippen LogP contribution in [-0.4, -0.2) is 35.4 Å². The van der Waals surface area contributed by atoms with E-state index in [1.807, 2.05) is 30.3 Å². The molecule has 0 unspecified atom stereocenters. The van der Waals surface area contributed by atoms with Gasteiger partial charge in [-0.3, -0.25) is 0 Å². The molecule has 2 N–H and O–H groups in total. The van der Waals surface area contributed by atoms with E-state index in [9.17, 15) is 10.2 Å². The van der Waals surface area contributed by atoms with Crippen LogP contribution in [0.1, 0.15) is 68.4 Å². The van der Waals surface area contributed by atoms with E-state index in [1.165, 1.54) is 5.56 Å². The molecule has 1 aliphatic heterocycles. The van der Waals surface area contributed by atoms with E-state index < -0.39 is 0 Å². The summed E-state index contributed by atoms with van der Waals surface area (Å²) in [6.07, 6.45) is 0. The van der Waals surface area contributed by atoms with Crippen molar-refractivity contribution in [3.8, 4) is 5.75 Å². The Hall–Kier alpha value is -3.11. The lowest BCUT2D eigenvalue weighted by atomic mass is 9.79. The lowest BCUT2D eigenvalue weighted by Crippen LogP contribution is -2.24. The summed E-state index contributed by atoms with van der Waals surface area (Å²) >= 11 is 0. The Morgan fingerprint density at radius 1 is 0.882 bits per heavy atom. The van der Waals surface area contributed by atoms with Gasteiger partial charge >= 0.3 is 0 Å². The van der Waals surface area contributed by atoms with E-state index in [4.69, 9.17) is 9.73 Å². The molecule has 0 radical (unpaired) electrons. The lowest BCUT2D eigenvalue weighted by molar-refractivity contribution is 0.218. The molecule has 178 valence electrons. The molecule has 4 rings (SSSR count). The number of phenols is 1. The molecule has 0 aliphatic carbocycles. The standard InChI is InChI=1S/C30H35NO3/c1-29(2,3)23-15-22(16-24(17-23)30(4,5)19-32)28-31-26(18-34-28)27(20-9-7-6-8-10-20)21-11-13-25(33)14-12-21/h6-17,26-27,32-33H,18-19H2,1-5H3/t26-,27+/m1/s1. The van der Waals surface area contributed by atoms with E-state index in [2.05, 4.69) is 65.0 Å². The van der Waals surface area contributed by atoms with Gasteiger partial charge in [0.05, 0.1) is 12.6 Å². The highest BCUT2D eigenvalue weighted by atomic mass is 16.5. The van der Waals surface area contributed by atoms with Gasteiger partial charge in [0.15, 0.2) is 0 Å². The van der Waals surface area contributed by atoms with E-state index in [0.717, 1.165) is 22.3 Å². The monoisotopic (exact) mass is 457 g/mol. The lowest BCUT2D eigenvalue weighted by Gasteiger charge is -2.27. The first kappa shape index (κ1) is 24.0. The molecule has 0 amide bonds. The molecule has 0 bridgehead atoms. The quantitative estimate of drug-likeness (QED) is 0.482. The predicted octanol–water partition coefficient (Wildman–Crippen LogP) is 5.94. The average molecular weight is 458 g/mol. The Morgan fingerprint density at radius 3 is 2.12 bits per heavy atom. The Kier molecular flexibility index (Phi) is 6.55. The molecule has 4 nitrogen and oxygen atoms in total. The summed E-state index contributed by atoms with van der Waals surface area (Å²) in [4.78, 5) is 5.08. The van der Waals surface area contributed by atoms with Crippen LogP contribution in [0.4, 0.5) is 0 Å². The summed E-state index contributed by atoms with van der Waals surface area (Å²) in [5.74, 6) is 0.907. The van der Waals surface area contributed by atoms with Crippen LogP contribution in [0.3, 0.4) is 0 Å². The average Bonchev–Trinajstić information content (AvgIpc) is 3.30. The molecular formula is C30H35NO3. The van der Waals surface area contributed by atoms with Gasteiger partial charge in [0.25, 0.3) is 0 Å². The van der Waals surface area contributed by atoms with Gasteiger partial charge in [-0.1, -0.05) is 83.1 Å². The van der Waals surface area contributed by atoms with Gasteiger partial charge in [0.1, 0.15) is 12.4 Å². The first-order chi connectivity index (χ1) is 16.1. The summed E-state index contributed by atoms with van der Waals surface area (Å²) in [6.45, 7) is 11.2. The molecule has 1 aliphatic rings. The van der Waals surface area contributed by atoms with E-state index in [-0.39, 0.29) is 35.1 Å². The van der Waals surface area contributed by atoms with Crippen molar-refractivity contribution in [2.45, 2.75) is 57.4 Å². The molecule has 0 aromatic heterocycles. The molecule has 34 heavy (non-hydrogen) atoms. The van der Waals surface area contributed by atoms with Gasteiger partial charge < -0.3 is 14.9 Å². The number of hydrogen-bond donors (Lipinski definition) is 2. The molecule has 0 saturated heterocycles. The minimum atomic E-state index is -0.368. The summed E-state index contributed by atoms with van der Waals surface area (Å²) in [7, 11) is 0. The minimum absolute atomic E-state index is 0.0125. The van der Waals surface area contributed by atoms with Crippen molar-refractivity contribution in [2.75, 3.05) is 13.2 Å². The van der Waals surface area contributed by atoms with Crippen LogP contribution < -0.4 is 0 Å². The zero-order valence-electron chi connectivity index (χ0n) is 20.7. The normalized spacial score (nSPS) is 17.2. The fourth-order valence-corrected chi connectivity index (χ4v) is 4.36. The first-order valence-corrected chi connectivity index (χ1v) is 11.9. The predicted molar refractivity (Wildman–Crippen MR) is 138 cm³/mol. The molecule has 0 spiro atoms. The van der Waals surface area contributed by atoms with Crippen molar-refractivity contribution in [1.29, 1.82) is 0 Å². The van der Waals surface area contributed by atoms with Gasteiger partial charge in [-0.25, -0.2) is 4.99 Å². The van der Waals surface area contributed by atoms with Gasteiger partial charge in [-0.05, 0) is 51.9 Å². The summed E-state index contributed by atoms with van der Waals surface area (Å²) in [6, 6.07) is 24.1. The largest absolute Gasteiger partial charge is 0.508 e. The number of nitrogens with zero attached hydrogens (tertiary/aromatic N) is 1. The molecule has 0 fully saturated rings. The Bertz CT molecular complexity index is 1160. The summed E-state index contributed by atoms with van der Waals surface area (Å²) in [5.41, 5.74) is 5.05. The highest BCUT2D eigenvalue weighted by Crippen LogP contribution is 2.35. The van der Waals surface area contributed by atoms with Crippen molar-refractivity contribution in [3.05, 3.63) is 101 Å². The Balaban J connectivity index is 1.77. The Labute approximate surface area is 203 Å². The number of hydrogen-bond acceptors (Lipinski definition) is 4. The van der Waals surface area contributed by atoms with Crippen LogP contribution in [0, 0.1) is 0 Å². The summed E-state index contributed by atoms with van der Waals surface area (Å²) < 4.78 is 6.21. The number of rotatable bonds is 6. The number of ether oxygens (including phenoxy) is 1. The second-order valence-corrected chi connectivity index (χ2v) is 10.9. The minimum Gasteiger partial charge on any atom is -0.508 e. The van der Waals surface area contributed by atoms with Gasteiger partial charge in [0.2, 0.25) is 5.90 Å². The molecule has 3 aromatic carbocycles. The van der Waals surface area contributed by atoms with Gasteiger partial charge in [0, 0.05) is 16.9 Å². The summed E-state index contributed by atoms with van der Waals surface area (Å²) in [5, 5.41) is 19.8. The van der Waals surface area contributed by atoms with Crippen molar-refractivity contribution in [3.63, 3.8) is 0 Å². The maximum absolute atomic E-state index is 10.0. The zero-order valence-corrected chi connectivity index (χ0v) is 20.7. The molecule has 1 heterocycles.